The number of pyridine rings is 5. The number of hydrogen-bond donors (Lipinski definition) is 0. The zero-order valence-electron chi connectivity index (χ0n) is 73.0. The minimum Gasteiger partial charge on any atom is -0.328 e. The molecule has 641 valence electrons. The van der Waals surface area contributed by atoms with Gasteiger partial charge in [-0.05, 0) is 252 Å². The van der Waals surface area contributed by atoms with Gasteiger partial charge >= 0.3 is 0 Å². The molecule has 127 heavy (non-hydrogen) atoms. The van der Waals surface area contributed by atoms with E-state index in [4.69, 9.17) is 4.98 Å². The summed E-state index contributed by atoms with van der Waals surface area (Å²) in [7, 11) is 0. The van der Waals surface area contributed by atoms with Gasteiger partial charge in [0.2, 0.25) is 0 Å². The van der Waals surface area contributed by atoms with E-state index in [0.29, 0.717) is 0 Å². The van der Waals surface area contributed by atoms with Crippen LogP contribution in [0.15, 0.2) is 377 Å². The van der Waals surface area contributed by atoms with Gasteiger partial charge in [-0.15, -0.1) is 131 Å². The Morgan fingerprint density at radius 3 is 1.20 bits per heavy atom. The van der Waals surface area contributed by atoms with Gasteiger partial charge in [0.25, 0.3) is 0 Å². The Morgan fingerprint density at radius 1 is 0.252 bits per heavy atom. The number of fused-ring (bicyclic) bond motifs is 3. The third-order valence-corrected chi connectivity index (χ3v) is 23.0. The normalized spacial score (nSPS) is 10.7. The van der Waals surface area contributed by atoms with Crippen molar-refractivity contribution in [2.24, 2.45) is 0 Å². The molecular weight excluding hydrogens is 2080 g/mol. The van der Waals surface area contributed by atoms with E-state index in [9.17, 15) is 0 Å². The summed E-state index contributed by atoms with van der Waals surface area (Å²) in [6, 6.07) is 137. The Balaban J connectivity index is 0.000000158. The molecule has 0 saturated heterocycles. The van der Waals surface area contributed by atoms with Crippen LogP contribution >= 0.6 is 0 Å². The average Bonchev–Trinajstić information content (AvgIpc) is 1.59. The zero-order valence-corrected chi connectivity index (χ0v) is 80.2. The molecule has 3 radical (unpaired) electrons. The van der Waals surface area contributed by atoms with Gasteiger partial charge in [0.05, 0.1) is 0 Å². The molecule has 0 fully saturated rings. The van der Waals surface area contributed by atoms with Crippen LogP contribution in [-0.2, 0) is 98.8 Å². The quantitative estimate of drug-likeness (QED) is 0.0345. The van der Waals surface area contributed by atoms with E-state index in [0.717, 1.165) is 93.4 Å². The first-order chi connectivity index (χ1) is 61.1. The van der Waals surface area contributed by atoms with E-state index in [1.54, 1.807) is 0 Å². The minimum atomic E-state index is 0. The van der Waals surface area contributed by atoms with Crippen molar-refractivity contribution < 1.29 is 60.3 Å². The van der Waals surface area contributed by atoms with Crippen molar-refractivity contribution in [3.63, 3.8) is 0 Å². The first-order valence-corrected chi connectivity index (χ1v) is 44.3. The number of para-hydroxylation sites is 2. The van der Waals surface area contributed by atoms with Gasteiger partial charge < -0.3 is 24.5 Å². The molecule has 9 heteroatoms. The molecule has 0 spiro atoms. The van der Waals surface area contributed by atoms with E-state index in [1.807, 2.05) is 98.4 Å². The predicted molar refractivity (Wildman–Crippen MR) is 519 cm³/mol. The van der Waals surface area contributed by atoms with Gasteiger partial charge in [-0.25, -0.2) is 0 Å². The molecular formula is C118H108Ir3N6-4. The van der Waals surface area contributed by atoms with Crippen molar-refractivity contribution in [2.45, 2.75) is 137 Å². The SMILES string of the molecule is Cc1cc(CCCCc2cccc(-c3ccc(-c4[c-]cccc4)nc3)c2)cc(C)n1.Cc1ccc(-c2[c-]ccc(-c3ccccc3)c2)nc1.Cc1cnc(-c2[c-]cc3c4ccccc4n(-c4ccccc4)c3c2)cc1-c1cccc(CCCCCCc2ccccc2)c1.[Ir].[Ir].[Ir].[c-]1ccccc1-c1ccc(-c2cccc(CCCCCCCc3ccccc3)c2)cn1. The molecule has 0 unspecified atom stereocenters. The second-order valence-corrected chi connectivity index (χ2v) is 32.4. The maximum absolute atomic E-state index is 4.88. The van der Waals surface area contributed by atoms with E-state index in [-0.39, 0.29) is 60.3 Å². The summed E-state index contributed by atoms with van der Waals surface area (Å²) in [5, 5.41) is 2.44. The summed E-state index contributed by atoms with van der Waals surface area (Å²) in [6.45, 7) is 8.34. The summed E-state index contributed by atoms with van der Waals surface area (Å²) in [4.78, 5) is 23.1. The number of unbranched alkanes of at least 4 members (excludes halogenated alkanes) is 8. The molecule has 0 amide bonds. The van der Waals surface area contributed by atoms with E-state index >= 15 is 0 Å². The second kappa shape index (κ2) is 49.3. The fourth-order valence-electron chi connectivity index (χ4n) is 16.4. The third-order valence-electron chi connectivity index (χ3n) is 23.0. The van der Waals surface area contributed by atoms with Crippen LogP contribution in [0.1, 0.15) is 127 Å². The minimum absolute atomic E-state index is 0. The summed E-state index contributed by atoms with van der Waals surface area (Å²) in [5.41, 5.74) is 34.2. The summed E-state index contributed by atoms with van der Waals surface area (Å²) in [6.07, 6.45) is 28.6. The fourth-order valence-corrected chi connectivity index (χ4v) is 16.4. The zero-order chi connectivity index (χ0) is 84.7. The van der Waals surface area contributed by atoms with Crippen molar-refractivity contribution >= 4 is 21.8 Å². The standard InChI is InChI=1S/C42H37N2.C30H30N.C28H27N2.C18H14N.3Ir/c1-31-30-43-40(29-39(31)34-20-14-19-33(27-34)18-7-3-2-6-15-32-16-8-4-9-17-32)35-25-26-38-37-23-12-13-24-41(37)44(42(38)28-35)36-21-10-5-11-22-36;1(2-6-13-25-14-8-4-9-15-25)3-7-16-26-17-12-20-28(23-26)29-21-22-30(31-24-29)27-18-10-5-11-19-27;1-21-17-24(18-22(2)30-21)10-7-6-9-23-11-8-14-26(19-23)27-15-16-28(29-20-27)25-12-4-3-5-13-25;1-14-10-11-18(19-13-14)17-9-5-8-16(12-17)15-6-3-2-4-7-15;;;/h4-5,8-14,16-17,19-24,26-30H,2-3,6-7,15,18H2,1H3;4-5,8-12,14-15,17-18,20-24H,1-3,6-7,13,16H2;3-5,8,11-12,14-20H,6-7,9-10H2,1-2H3;2-8,10-13H,1H3;;;/q4*-1;;;. The largest absolute Gasteiger partial charge is 0.328 e. The second-order valence-electron chi connectivity index (χ2n) is 32.4. The maximum atomic E-state index is 4.88. The van der Waals surface area contributed by atoms with Crippen LogP contribution in [0.3, 0.4) is 0 Å². The van der Waals surface area contributed by atoms with Crippen LogP contribution in [0.25, 0.3) is 117 Å². The third kappa shape index (κ3) is 27.3. The number of nitrogens with zero attached hydrogens (tertiary/aromatic N) is 6. The first-order valence-electron chi connectivity index (χ1n) is 44.3. The molecule has 6 nitrogen and oxygen atoms in total. The molecule has 6 aromatic heterocycles. The molecule has 0 aliphatic carbocycles. The van der Waals surface area contributed by atoms with Crippen molar-refractivity contribution in [3.8, 4) is 95.2 Å². The predicted octanol–water partition coefficient (Wildman–Crippen LogP) is 30.2. The van der Waals surface area contributed by atoms with Gasteiger partial charge in [-0.1, -0.05) is 280 Å². The first kappa shape index (κ1) is 94.3. The van der Waals surface area contributed by atoms with Gasteiger partial charge in [-0.2, -0.15) is 0 Å². The Bertz CT molecular complexity index is 6330. The Hall–Kier alpha value is -11.9. The molecule has 6 heterocycles. The van der Waals surface area contributed by atoms with Gasteiger partial charge in [0, 0.05) is 108 Å². The van der Waals surface area contributed by atoms with E-state index in [2.05, 4.69) is 355 Å². The molecule has 0 atom stereocenters. The number of benzene rings is 12. The molecule has 0 aliphatic heterocycles. The van der Waals surface area contributed by atoms with Crippen molar-refractivity contribution in [1.82, 2.24) is 29.5 Å². The molecule has 0 saturated carbocycles. The van der Waals surface area contributed by atoms with E-state index in [1.165, 1.54) is 189 Å². The number of aryl methyl sites for hydroxylation is 10. The van der Waals surface area contributed by atoms with Crippen LogP contribution in [0.2, 0.25) is 0 Å². The maximum Gasteiger partial charge on any atom is 0.0444 e. The summed E-state index contributed by atoms with van der Waals surface area (Å²) < 4.78 is 2.35. The average molecular weight is 2190 g/mol. The van der Waals surface area contributed by atoms with Crippen LogP contribution < -0.4 is 0 Å². The molecule has 0 aliphatic rings. The fraction of sp³-hybridized carbons (Fsp3) is 0.178. The molecule has 18 rings (SSSR count). The Morgan fingerprint density at radius 2 is 0.669 bits per heavy atom. The van der Waals surface area contributed by atoms with Crippen LogP contribution in [0, 0.1) is 52.0 Å². The number of hydrogen-bond acceptors (Lipinski definition) is 5. The number of aromatic nitrogens is 6. The molecule has 0 bridgehead atoms. The topological polar surface area (TPSA) is 69.4 Å². The Kier molecular flexibility index (Phi) is 36.6. The molecule has 18 aromatic rings. The summed E-state index contributed by atoms with van der Waals surface area (Å²) in [5.74, 6) is 0. The van der Waals surface area contributed by atoms with E-state index < -0.39 is 0 Å². The van der Waals surface area contributed by atoms with Gasteiger partial charge in [0.15, 0.2) is 0 Å². The van der Waals surface area contributed by atoms with Crippen LogP contribution in [-0.4, -0.2) is 29.5 Å². The van der Waals surface area contributed by atoms with Gasteiger partial charge in [0.1, 0.15) is 0 Å². The molecule has 0 N–H and O–H groups in total. The monoisotopic (exact) mass is 2190 g/mol. The van der Waals surface area contributed by atoms with Crippen molar-refractivity contribution in [1.29, 1.82) is 0 Å². The van der Waals surface area contributed by atoms with Gasteiger partial charge in [-0.3, -0.25) is 4.98 Å². The van der Waals surface area contributed by atoms with Crippen LogP contribution in [0.4, 0.5) is 0 Å². The summed E-state index contributed by atoms with van der Waals surface area (Å²) >= 11 is 0. The van der Waals surface area contributed by atoms with Crippen molar-refractivity contribution in [2.75, 3.05) is 0 Å². The van der Waals surface area contributed by atoms with Crippen molar-refractivity contribution in [3.05, 3.63) is 457 Å². The Labute approximate surface area is 793 Å². The smallest absolute Gasteiger partial charge is 0.0444 e. The molecule has 12 aromatic carbocycles. The van der Waals surface area contributed by atoms with Crippen LogP contribution in [0.5, 0.6) is 0 Å². The number of rotatable bonds is 29.